The maximum Gasteiger partial charge on any atom is 0.292 e. The monoisotopic (exact) mass is 442 g/mol. The van der Waals surface area contributed by atoms with Gasteiger partial charge in [0.2, 0.25) is 3.66 Å². The number of benzene rings is 2. The lowest BCUT2D eigenvalue weighted by molar-refractivity contribution is -0.119. The van der Waals surface area contributed by atoms with E-state index in [0.29, 0.717) is 11.5 Å². The molecule has 2 aromatic rings. The molecule has 140 valence electrons. The first-order chi connectivity index (χ1) is 12.2. The Labute approximate surface area is 161 Å². The Morgan fingerprint density at radius 2 is 1.77 bits per heavy atom. The van der Waals surface area contributed by atoms with Gasteiger partial charge in [-0.25, -0.2) is 0 Å². The molecule has 2 aromatic carbocycles. The van der Waals surface area contributed by atoms with Crippen LogP contribution in [-0.4, -0.2) is 33.0 Å². The summed E-state index contributed by atoms with van der Waals surface area (Å²) in [7, 11) is -1.70. The fraction of sp³-hybridized carbons (Fsp3) is 0.278. The first-order valence-corrected chi connectivity index (χ1v) is 9.93. The van der Waals surface area contributed by atoms with E-state index in [2.05, 4.69) is 15.9 Å². The highest BCUT2D eigenvalue weighted by Gasteiger charge is 2.48. The van der Waals surface area contributed by atoms with Crippen molar-refractivity contribution in [3.05, 3.63) is 59.7 Å². The van der Waals surface area contributed by atoms with Crippen molar-refractivity contribution in [3.63, 3.8) is 0 Å². The molecule has 26 heavy (non-hydrogen) atoms. The van der Waals surface area contributed by atoms with Gasteiger partial charge in [0.1, 0.15) is 11.5 Å². The van der Waals surface area contributed by atoms with E-state index < -0.39 is 19.6 Å². The van der Waals surface area contributed by atoms with Gasteiger partial charge in [-0.2, -0.15) is 8.42 Å². The minimum atomic E-state index is -4.73. The van der Waals surface area contributed by atoms with E-state index in [9.17, 15) is 17.8 Å². The molecule has 1 atom stereocenters. The molecule has 1 unspecified atom stereocenters. The molecule has 0 fully saturated rings. The van der Waals surface area contributed by atoms with Gasteiger partial charge in [-0.1, -0.05) is 52.3 Å². The molecule has 1 N–H and O–H groups in total. The third-order valence-electron chi connectivity index (χ3n) is 3.97. The van der Waals surface area contributed by atoms with Crippen LogP contribution in [0.25, 0.3) is 0 Å². The Kier molecular flexibility index (Phi) is 6.44. The quantitative estimate of drug-likeness (QED) is 0.497. The van der Waals surface area contributed by atoms with E-state index in [0.717, 1.165) is 5.56 Å². The fourth-order valence-electron chi connectivity index (χ4n) is 2.57. The predicted molar refractivity (Wildman–Crippen MR) is 101 cm³/mol. The van der Waals surface area contributed by atoms with Gasteiger partial charge in [-0.3, -0.25) is 9.35 Å². The van der Waals surface area contributed by atoms with Crippen molar-refractivity contribution in [1.82, 2.24) is 0 Å². The van der Waals surface area contributed by atoms with Gasteiger partial charge >= 0.3 is 0 Å². The molecule has 0 bridgehead atoms. The van der Waals surface area contributed by atoms with Crippen molar-refractivity contribution in [3.8, 4) is 11.5 Å². The third kappa shape index (κ3) is 4.08. The average molecular weight is 443 g/mol. The lowest BCUT2D eigenvalue weighted by Crippen LogP contribution is -2.37. The Morgan fingerprint density at radius 1 is 1.12 bits per heavy atom. The van der Waals surface area contributed by atoms with Crippen LogP contribution in [0.2, 0.25) is 0 Å². The minimum absolute atomic E-state index is 0.122. The van der Waals surface area contributed by atoms with Crippen molar-refractivity contribution in [2.45, 2.75) is 16.5 Å². The number of carbonyl (C=O) groups excluding carboxylic acids is 1. The number of hydrogen-bond acceptors (Lipinski definition) is 5. The van der Waals surface area contributed by atoms with Crippen LogP contribution in [0.3, 0.4) is 0 Å². The molecule has 0 amide bonds. The number of carbonyl (C=O) groups is 1. The van der Waals surface area contributed by atoms with Crippen LogP contribution in [0.5, 0.6) is 11.5 Å². The molecule has 0 radical (unpaired) electrons. The summed E-state index contributed by atoms with van der Waals surface area (Å²) < 4.78 is 41.8. The van der Waals surface area contributed by atoms with Crippen LogP contribution in [0.15, 0.2) is 48.5 Å². The first kappa shape index (κ1) is 20.4. The minimum Gasteiger partial charge on any atom is -0.497 e. The summed E-state index contributed by atoms with van der Waals surface area (Å²) in [6.45, 7) is 0. The third-order valence-corrected chi connectivity index (χ3v) is 7.28. The highest BCUT2D eigenvalue weighted by molar-refractivity contribution is 9.11. The summed E-state index contributed by atoms with van der Waals surface area (Å²) >= 11 is 2.97. The molecule has 6 nitrogen and oxygen atoms in total. The SMILES string of the molecule is COc1ccc(CCC(=O)C(Br)(c2ccccc2)S(=O)(=O)O)c(OC)c1. The van der Waals surface area contributed by atoms with E-state index in [1.165, 1.54) is 26.4 Å². The van der Waals surface area contributed by atoms with E-state index in [4.69, 9.17) is 9.47 Å². The zero-order chi connectivity index (χ0) is 19.4. The van der Waals surface area contributed by atoms with Gasteiger partial charge in [0.05, 0.1) is 14.2 Å². The maximum absolute atomic E-state index is 12.8. The number of methoxy groups -OCH3 is 2. The maximum atomic E-state index is 12.8. The molecule has 0 saturated heterocycles. The second kappa shape index (κ2) is 8.20. The summed E-state index contributed by atoms with van der Waals surface area (Å²) in [6, 6.07) is 13.0. The fourth-order valence-corrected chi connectivity index (χ4v) is 3.86. The Bertz CT molecular complexity index is 882. The van der Waals surface area contributed by atoms with Gasteiger partial charge in [0.15, 0.2) is 5.78 Å². The first-order valence-electron chi connectivity index (χ1n) is 7.69. The van der Waals surface area contributed by atoms with E-state index in [-0.39, 0.29) is 18.4 Å². The highest BCUT2D eigenvalue weighted by atomic mass is 79.9. The van der Waals surface area contributed by atoms with Crippen LogP contribution < -0.4 is 9.47 Å². The molecule has 8 heteroatoms. The summed E-state index contributed by atoms with van der Waals surface area (Å²) in [5.74, 6) is 0.460. The van der Waals surface area contributed by atoms with Crippen molar-refractivity contribution < 1.29 is 27.2 Å². The molecule has 0 aliphatic heterocycles. The normalized spacial score (nSPS) is 13.7. The van der Waals surface area contributed by atoms with Gasteiger partial charge in [0.25, 0.3) is 10.1 Å². The number of ether oxygens (including phenoxy) is 2. The summed E-state index contributed by atoms with van der Waals surface area (Å²) in [4.78, 5) is 12.8. The molecule has 0 aromatic heterocycles. The summed E-state index contributed by atoms with van der Waals surface area (Å²) in [6.07, 6.45) is 0.115. The van der Waals surface area contributed by atoms with Crippen LogP contribution >= 0.6 is 15.9 Å². The highest BCUT2D eigenvalue weighted by Crippen LogP contribution is 2.39. The summed E-state index contributed by atoms with van der Waals surface area (Å²) in [5.41, 5.74) is 0.870. The van der Waals surface area contributed by atoms with E-state index in [1.54, 1.807) is 36.4 Å². The van der Waals surface area contributed by atoms with Crippen LogP contribution in [0.1, 0.15) is 17.5 Å². The Balaban J connectivity index is 2.30. The topological polar surface area (TPSA) is 89.9 Å². The van der Waals surface area contributed by atoms with Crippen LogP contribution in [0, 0.1) is 0 Å². The smallest absolute Gasteiger partial charge is 0.292 e. The van der Waals surface area contributed by atoms with Crippen molar-refractivity contribution >= 4 is 31.8 Å². The van der Waals surface area contributed by atoms with E-state index >= 15 is 0 Å². The molecule has 0 saturated carbocycles. The van der Waals surface area contributed by atoms with Gasteiger partial charge in [-0.15, -0.1) is 0 Å². The molecule has 0 spiro atoms. The molecular weight excluding hydrogens is 424 g/mol. The number of alkyl halides is 1. The molecule has 0 aliphatic carbocycles. The number of rotatable bonds is 8. The predicted octanol–water partition coefficient (Wildman–Crippen LogP) is 3.34. The van der Waals surface area contributed by atoms with Crippen molar-refractivity contribution in [2.24, 2.45) is 0 Å². The molecule has 2 rings (SSSR count). The van der Waals surface area contributed by atoms with Crippen LogP contribution in [0.4, 0.5) is 0 Å². The number of Topliss-reactive ketones (excluding diaryl/α,β-unsaturated/α-hetero) is 1. The summed E-state index contributed by atoms with van der Waals surface area (Å²) in [5, 5.41) is 0. The van der Waals surface area contributed by atoms with E-state index in [1.807, 2.05) is 0 Å². The molecular formula is C18H19BrO6S. The largest absolute Gasteiger partial charge is 0.497 e. The van der Waals surface area contributed by atoms with Crippen LogP contribution in [-0.2, 0) is 25.0 Å². The zero-order valence-corrected chi connectivity index (χ0v) is 16.7. The number of halogens is 1. The Morgan fingerprint density at radius 3 is 2.31 bits per heavy atom. The second-order valence-corrected chi connectivity index (χ2v) is 8.81. The lowest BCUT2D eigenvalue weighted by atomic mass is 10.0. The van der Waals surface area contributed by atoms with Gasteiger partial charge in [0, 0.05) is 12.5 Å². The number of hydrogen-bond donors (Lipinski definition) is 1. The zero-order valence-electron chi connectivity index (χ0n) is 14.3. The van der Waals surface area contributed by atoms with Gasteiger partial charge in [-0.05, 0) is 23.6 Å². The van der Waals surface area contributed by atoms with Crippen molar-refractivity contribution in [1.29, 1.82) is 0 Å². The standard InChI is InChI=1S/C18H19BrO6S/c1-24-15-10-8-13(16(12-15)25-2)9-11-17(20)18(19,26(21,22)23)14-6-4-3-5-7-14/h3-8,10,12H,9,11H2,1-2H3,(H,21,22,23). The average Bonchev–Trinajstić information content (AvgIpc) is 2.64. The lowest BCUT2D eigenvalue weighted by Gasteiger charge is -2.23. The van der Waals surface area contributed by atoms with Crippen molar-refractivity contribution in [2.75, 3.05) is 14.2 Å². The second-order valence-electron chi connectivity index (χ2n) is 5.54. The molecule has 0 heterocycles. The Hall–Kier alpha value is -1.90. The number of aryl methyl sites for hydroxylation is 1. The van der Waals surface area contributed by atoms with Gasteiger partial charge < -0.3 is 9.47 Å². The molecule has 0 aliphatic rings. The number of ketones is 1.